The van der Waals surface area contributed by atoms with E-state index < -0.39 is 22.0 Å². The number of aromatic hydroxyl groups is 1. The highest BCUT2D eigenvalue weighted by Gasteiger charge is 2.17. The molecule has 4 N–H and O–H groups in total. The topological polar surface area (TPSA) is 109 Å². The SMILES string of the molecule is CS(=O)(=O)NC(=O)C(N)Cc1ccc(O)cc1. The van der Waals surface area contributed by atoms with Crippen LogP contribution in [0.2, 0.25) is 0 Å². The molecule has 0 saturated carbocycles. The minimum atomic E-state index is -3.59. The number of hydrogen-bond donors (Lipinski definition) is 3. The lowest BCUT2D eigenvalue weighted by Gasteiger charge is -2.11. The molecule has 7 heteroatoms. The highest BCUT2D eigenvalue weighted by molar-refractivity contribution is 7.89. The van der Waals surface area contributed by atoms with Gasteiger partial charge in [0.2, 0.25) is 10.0 Å². The molecule has 0 spiro atoms. The van der Waals surface area contributed by atoms with Crippen LogP contribution < -0.4 is 10.5 Å². The summed E-state index contributed by atoms with van der Waals surface area (Å²) in [5.74, 6) is -0.636. The van der Waals surface area contributed by atoms with Gasteiger partial charge in [-0.15, -0.1) is 0 Å². The number of hydrogen-bond acceptors (Lipinski definition) is 5. The maximum atomic E-state index is 11.4. The molecule has 94 valence electrons. The van der Waals surface area contributed by atoms with E-state index in [0.717, 1.165) is 11.8 Å². The van der Waals surface area contributed by atoms with Gasteiger partial charge in [0.1, 0.15) is 5.75 Å². The predicted molar refractivity (Wildman–Crippen MR) is 62.8 cm³/mol. The Labute approximate surface area is 99.5 Å². The minimum absolute atomic E-state index is 0.114. The zero-order valence-corrected chi connectivity index (χ0v) is 10.1. The Morgan fingerprint density at radius 1 is 1.41 bits per heavy atom. The summed E-state index contributed by atoms with van der Waals surface area (Å²) in [5, 5.41) is 9.06. The van der Waals surface area contributed by atoms with Crippen LogP contribution in [0.5, 0.6) is 5.75 Å². The Morgan fingerprint density at radius 2 is 1.94 bits per heavy atom. The third-order valence-electron chi connectivity index (χ3n) is 2.01. The smallest absolute Gasteiger partial charge is 0.250 e. The lowest BCUT2D eigenvalue weighted by molar-refractivity contribution is -0.120. The van der Waals surface area contributed by atoms with E-state index >= 15 is 0 Å². The number of phenols is 1. The van der Waals surface area contributed by atoms with Crippen molar-refractivity contribution in [2.45, 2.75) is 12.5 Å². The van der Waals surface area contributed by atoms with E-state index in [1.807, 2.05) is 4.72 Å². The van der Waals surface area contributed by atoms with Gasteiger partial charge >= 0.3 is 0 Å². The number of phenolic OH excluding ortho intramolecular Hbond substituents is 1. The second-order valence-corrected chi connectivity index (χ2v) is 5.46. The van der Waals surface area contributed by atoms with Crippen LogP contribution in [0.1, 0.15) is 5.56 Å². The van der Waals surface area contributed by atoms with Gasteiger partial charge in [-0.3, -0.25) is 9.52 Å². The van der Waals surface area contributed by atoms with Gasteiger partial charge in [-0.05, 0) is 24.1 Å². The number of nitrogens with one attached hydrogen (secondary N) is 1. The number of carbonyl (C=O) groups is 1. The summed E-state index contributed by atoms with van der Waals surface area (Å²) < 4.78 is 23.5. The third-order valence-corrected chi connectivity index (χ3v) is 2.59. The quantitative estimate of drug-likeness (QED) is 0.664. The number of rotatable bonds is 4. The molecule has 1 unspecified atom stereocenters. The van der Waals surface area contributed by atoms with Crippen LogP contribution in [-0.4, -0.2) is 31.7 Å². The van der Waals surface area contributed by atoms with Gasteiger partial charge in [0.05, 0.1) is 12.3 Å². The van der Waals surface area contributed by atoms with Crippen molar-refractivity contribution in [2.24, 2.45) is 5.73 Å². The van der Waals surface area contributed by atoms with Crippen LogP contribution in [0.4, 0.5) is 0 Å². The summed E-state index contributed by atoms with van der Waals surface area (Å²) in [4.78, 5) is 11.4. The van der Waals surface area contributed by atoms with Crippen molar-refractivity contribution in [3.05, 3.63) is 29.8 Å². The van der Waals surface area contributed by atoms with Gasteiger partial charge in [0.15, 0.2) is 0 Å². The Kier molecular flexibility index (Phi) is 4.08. The van der Waals surface area contributed by atoms with Gasteiger partial charge in [-0.1, -0.05) is 12.1 Å². The molecule has 0 aliphatic carbocycles. The monoisotopic (exact) mass is 258 g/mol. The standard InChI is InChI=1S/C10H14N2O4S/c1-17(15,16)12-10(14)9(11)6-7-2-4-8(13)5-3-7/h2-5,9,13H,6,11H2,1H3,(H,12,14). The second kappa shape index (κ2) is 5.15. The van der Waals surface area contributed by atoms with Crippen LogP contribution >= 0.6 is 0 Å². The molecule has 6 nitrogen and oxygen atoms in total. The van der Waals surface area contributed by atoms with E-state index in [-0.39, 0.29) is 12.2 Å². The molecule has 1 rings (SSSR count). The average molecular weight is 258 g/mol. The van der Waals surface area contributed by atoms with E-state index in [2.05, 4.69) is 0 Å². The number of nitrogens with two attached hydrogens (primary N) is 1. The Morgan fingerprint density at radius 3 is 2.41 bits per heavy atom. The van der Waals surface area contributed by atoms with Crippen molar-refractivity contribution in [3.8, 4) is 5.75 Å². The van der Waals surface area contributed by atoms with E-state index in [4.69, 9.17) is 10.8 Å². The van der Waals surface area contributed by atoms with Crippen molar-refractivity contribution in [2.75, 3.05) is 6.26 Å². The predicted octanol–water partition coefficient (Wildman–Crippen LogP) is -0.662. The molecule has 1 amide bonds. The number of amides is 1. The normalized spacial score (nSPS) is 13.1. The summed E-state index contributed by atoms with van der Waals surface area (Å²) in [7, 11) is -3.59. The first-order valence-electron chi connectivity index (χ1n) is 4.83. The van der Waals surface area contributed by atoms with E-state index in [9.17, 15) is 13.2 Å². The summed E-state index contributed by atoms with van der Waals surface area (Å²) in [5.41, 5.74) is 6.29. The van der Waals surface area contributed by atoms with Gasteiger partial charge in [0, 0.05) is 0 Å². The molecule has 1 atom stereocenters. The Hall–Kier alpha value is -1.60. The molecular formula is C10H14N2O4S. The fraction of sp³-hybridized carbons (Fsp3) is 0.300. The van der Waals surface area contributed by atoms with E-state index in [1.165, 1.54) is 12.1 Å². The van der Waals surface area contributed by atoms with E-state index in [1.54, 1.807) is 12.1 Å². The number of sulfonamides is 1. The maximum absolute atomic E-state index is 11.4. The Balaban J connectivity index is 2.63. The molecule has 0 saturated heterocycles. The molecule has 0 aliphatic rings. The molecule has 0 aliphatic heterocycles. The fourth-order valence-electron chi connectivity index (χ4n) is 1.24. The highest BCUT2D eigenvalue weighted by atomic mass is 32.2. The summed E-state index contributed by atoms with van der Waals surface area (Å²) >= 11 is 0. The molecular weight excluding hydrogens is 244 g/mol. The van der Waals surface area contributed by atoms with Crippen LogP contribution in [-0.2, 0) is 21.2 Å². The maximum Gasteiger partial charge on any atom is 0.250 e. The van der Waals surface area contributed by atoms with Gasteiger partial charge in [-0.25, -0.2) is 8.42 Å². The lowest BCUT2D eigenvalue weighted by atomic mass is 10.1. The second-order valence-electron chi connectivity index (χ2n) is 3.72. The van der Waals surface area contributed by atoms with Crippen molar-refractivity contribution in [3.63, 3.8) is 0 Å². The average Bonchev–Trinajstić information content (AvgIpc) is 2.19. The van der Waals surface area contributed by atoms with Crippen LogP contribution in [0.25, 0.3) is 0 Å². The number of benzene rings is 1. The van der Waals surface area contributed by atoms with Gasteiger partial charge < -0.3 is 10.8 Å². The van der Waals surface area contributed by atoms with Crippen LogP contribution in [0.3, 0.4) is 0 Å². The van der Waals surface area contributed by atoms with Crippen molar-refractivity contribution in [1.29, 1.82) is 0 Å². The molecule has 0 fully saturated rings. The first-order chi connectivity index (χ1) is 7.78. The van der Waals surface area contributed by atoms with Gasteiger partial charge in [0.25, 0.3) is 5.91 Å². The van der Waals surface area contributed by atoms with Crippen molar-refractivity contribution < 1.29 is 18.3 Å². The zero-order valence-electron chi connectivity index (χ0n) is 9.25. The molecule has 0 radical (unpaired) electrons. The molecule has 0 aromatic heterocycles. The lowest BCUT2D eigenvalue weighted by Crippen LogP contribution is -2.44. The van der Waals surface area contributed by atoms with Crippen LogP contribution in [0, 0.1) is 0 Å². The zero-order chi connectivity index (χ0) is 13.1. The summed E-state index contributed by atoms with van der Waals surface area (Å²) in [6.45, 7) is 0. The number of carbonyl (C=O) groups excluding carboxylic acids is 1. The summed E-state index contributed by atoms with van der Waals surface area (Å²) in [6.07, 6.45) is 1.08. The van der Waals surface area contributed by atoms with E-state index in [0.29, 0.717) is 0 Å². The molecule has 0 heterocycles. The first kappa shape index (κ1) is 13.5. The first-order valence-corrected chi connectivity index (χ1v) is 6.72. The van der Waals surface area contributed by atoms with Crippen molar-refractivity contribution in [1.82, 2.24) is 4.72 Å². The fourth-order valence-corrected chi connectivity index (χ4v) is 1.75. The molecule has 17 heavy (non-hydrogen) atoms. The molecule has 1 aromatic rings. The van der Waals surface area contributed by atoms with Crippen molar-refractivity contribution >= 4 is 15.9 Å². The highest BCUT2D eigenvalue weighted by Crippen LogP contribution is 2.10. The summed E-state index contributed by atoms with van der Waals surface area (Å²) in [6, 6.07) is 5.22. The molecule has 1 aromatic carbocycles. The molecule has 0 bridgehead atoms. The van der Waals surface area contributed by atoms with Crippen LogP contribution in [0.15, 0.2) is 24.3 Å². The largest absolute Gasteiger partial charge is 0.508 e. The Bertz CT molecular complexity index is 496. The third kappa shape index (κ3) is 4.83. The van der Waals surface area contributed by atoms with Gasteiger partial charge in [-0.2, -0.15) is 0 Å². The minimum Gasteiger partial charge on any atom is -0.508 e.